The summed E-state index contributed by atoms with van der Waals surface area (Å²) in [6.07, 6.45) is 4.64. The zero-order chi connectivity index (χ0) is 44.5. The van der Waals surface area contributed by atoms with E-state index >= 15 is 0 Å². The van der Waals surface area contributed by atoms with Crippen LogP contribution in [0.4, 0.5) is 0 Å². The first-order valence-electron chi connectivity index (χ1n) is 20.0. The van der Waals surface area contributed by atoms with Crippen LogP contribution in [0.1, 0.15) is 53.6 Å². The van der Waals surface area contributed by atoms with E-state index in [0.717, 1.165) is 46.6 Å². The summed E-state index contributed by atoms with van der Waals surface area (Å²) < 4.78 is 80.6. The molecule has 1 aliphatic rings. The number of benzene rings is 4. The van der Waals surface area contributed by atoms with E-state index < -0.39 is 25.6 Å². The molecule has 0 atom stereocenters. The summed E-state index contributed by atoms with van der Waals surface area (Å²) in [4.78, 5) is 0. The molecule has 1 aliphatic carbocycles. The van der Waals surface area contributed by atoms with Crippen LogP contribution in [0.2, 0.25) is 0 Å². The molecule has 0 unspecified atom stereocenters. The third-order valence-corrected chi connectivity index (χ3v) is 14.1. The fourth-order valence-corrected chi connectivity index (χ4v) is 9.96. The molecule has 0 spiro atoms. The summed E-state index contributed by atoms with van der Waals surface area (Å²) in [6.45, 7) is 0.757. The maximum atomic E-state index is 13.8. The lowest BCUT2D eigenvalue weighted by Crippen LogP contribution is -2.30. The predicted molar refractivity (Wildman–Crippen MR) is 234 cm³/mol. The normalized spacial score (nSPS) is 13.8. The van der Waals surface area contributed by atoms with E-state index in [-0.39, 0.29) is 36.2 Å². The lowest BCUT2D eigenvalue weighted by atomic mass is 9.98. The zero-order valence-corrected chi connectivity index (χ0v) is 37.5. The van der Waals surface area contributed by atoms with Gasteiger partial charge in [0.25, 0.3) is 20.0 Å². The highest BCUT2D eigenvalue weighted by Gasteiger charge is 2.38. The minimum atomic E-state index is -3.96. The minimum absolute atomic E-state index is 0.0250. The lowest BCUT2D eigenvalue weighted by Gasteiger charge is -2.22. The number of nitrogens with zero attached hydrogens (tertiary/aromatic N) is 6. The Kier molecular flexibility index (Phi) is 14.8. The number of methoxy groups -OCH3 is 4. The van der Waals surface area contributed by atoms with Gasteiger partial charge >= 0.3 is 0 Å². The Balaban J connectivity index is 0.000000211. The first-order chi connectivity index (χ1) is 29.7. The second kappa shape index (κ2) is 20.0. The van der Waals surface area contributed by atoms with E-state index in [9.17, 15) is 21.9 Å². The van der Waals surface area contributed by atoms with Gasteiger partial charge in [0.2, 0.25) is 0 Å². The molecule has 1 N–H and O–H groups in total. The van der Waals surface area contributed by atoms with Gasteiger partial charge < -0.3 is 24.1 Å². The first kappa shape index (κ1) is 45.8. The number of hydrogen-bond acceptors (Lipinski definition) is 11. The molecule has 6 aromatic rings. The van der Waals surface area contributed by atoms with E-state index in [1.807, 2.05) is 97.1 Å². The Labute approximate surface area is 364 Å². The number of rotatable bonds is 17. The van der Waals surface area contributed by atoms with Gasteiger partial charge in [-0.1, -0.05) is 61.4 Å². The van der Waals surface area contributed by atoms with Crippen molar-refractivity contribution in [1.29, 1.82) is 0 Å². The van der Waals surface area contributed by atoms with Gasteiger partial charge in [-0.2, -0.15) is 18.8 Å². The maximum absolute atomic E-state index is 13.8. The van der Waals surface area contributed by atoms with Crippen molar-refractivity contribution in [3.63, 3.8) is 0 Å². The predicted octanol–water partition coefficient (Wildman–Crippen LogP) is 6.42. The van der Waals surface area contributed by atoms with Crippen molar-refractivity contribution in [2.75, 3.05) is 28.4 Å². The average molecular weight is 887 g/mol. The summed E-state index contributed by atoms with van der Waals surface area (Å²) >= 11 is 0. The first-order valence-corrected chi connectivity index (χ1v) is 22.8. The van der Waals surface area contributed by atoms with Gasteiger partial charge in [0, 0.05) is 52.5 Å². The van der Waals surface area contributed by atoms with Gasteiger partial charge in [-0.05, 0) is 89.7 Å². The summed E-state index contributed by atoms with van der Waals surface area (Å²) in [7, 11) is 2.01. The molecule has 0 radical (unpaired) electrons. The van der Waals surface area contributed by atoms with Crippen LogP contribution in [-0.2, 0) is 65.9 Å². The molecule has 330 valence electrons. The fourth-order valence-electron chi connectivity index (χ4n) is 7.20. The van der Waals surface area contributed by atoms with Crippen LogP contribution in [0.3, 0.4) is 0 Å². The van der Waals surface area contributed by atoms with E-state index in [0.29, 0.717) is 30.0 Å². The smallest absolute Gasteiger partial charge is 0.263 e. The highest BCUT2D eigenvalue weighted by atomic mass is 32.2. The Morgan fingerprint density at radius 3 is 1.19 bits per heavy atom. The molecule has 1 saturated carbocycles. The molecule has 0 bridgehead atoms. The van der Waals surface area contributed by atoms with Gasteiger partial charge in [-0.15, -0.1) is 0 Å². The third kappa shape index (κ3) is 11.0. The van der Waals surface area contributed by atoms with Crippen molar-refractivity contribution >= 4 is 20.0 Å². The van der Waals surface area contributed by atoms with Crippen LogP contribution in [-0.4, -0.2) is 78.6 Å². The average Bonchev–Trinajstić information content (AvgIpc) is 4.05. The molecular formula is C45H54N6O9S2. The highest BCUT2D eigenvalue weighted by molar-refractivity contribution is 7.89. The number of aryl methyl sites for hydroxylation is 2. The van der Waals surface area contributed by atoms with E-state index in [1.165, 1.54) is 30.1 Å². The van der Waals surface area contributed by atoms with Crippen LogP contribution in [0.15, 0.2) is 125 Å². The number of aliphatic hydroxyl groups is 1. The number of hydrogen-bond donors (Lipinski definition) is 1. The molecule has 62 heavy (non-hydrogen) atoms. The van der Waals surface area contributed by atoms with E-state index in [2.05, 4.69) is 10.2 Å². The van der Waals surface area contributed by atoms with Crippen LogP contribution >= 0.6 is 0 Å². The van der Waals surface area contributed by atoms with Crippen LogP contribution < -0.4 is 18.9 Å². The van der Waals surface area contributed by atoms with Crippen molar-refractivity contribution in [2.24, 2.45) is 14.1 Å². The zero-order valence-electron chi connectivity index (χ0n) is 35.8. The second-order valence-corrected chi connectivity index (χ2v) is 18.8. The standard InChI is InChI=1S/C25H31N3O5S.C20H23N3O4S/c1-27-23(25(29)14-4-5-15-25)16-24(26-27)34(30,31)28(17-19-6-10-21(32-2)11-7-19)18-20-8-12-22(33-3)13-9-20;1-22-13-12-20(21-22)28(24,25)23(14-16-4-8-18(26-2)9-5-16)15-17-6-10-19(27-3)11-7-17/h6-13,16,29H,4-5,14-15,17-18H2,1-3H3;4-13H,14-15H2,1-3H3. The SMILES string of the molecule is COc1ccc(CN(Cc2ccc(OC)cc2)S(=O)(=O)c2cc(C3(O)CCCC3)n(C)n2)cc1.COc1ccc(CN(Cc2ccc(OC)cc2)S(=O)(=O)c2ccn(C)n2)cc1. The monoisotopic (exact) mass is 886 g/mol. The van der Waals surface area contributed by atoms with Gasteiger partial charge in [-0.25, -0.2) is 16.8 Å². The van der Waals surface area contributed by atoms with Gasteiger partial charge in [-0.3, -0.25) is 9.36 Å². The number of aromatic nitrogens is 4. The van der Waals surface area contributed by atoms with Gasteiger partial charge in [0.15, 0.2) is 10.1 Å². The topological polar surface area (TPSA) is 168 Å². The molecule has 15 nitrogen and oxygen atoms in total. The molecule has 0 aliphatic heterocycles. The molecule has 0 amide bonds. The van der Waals surface area contributed by atoms with Gasteiger partial charge in [0.05, 0.1) is 34.1 Å². The Hall–Kier alpha value is -5.72. The Bertz CT molecular complexity index is 2490. The molecule has 17 heteroatoms. The summed E-state index contributed by atoms with van der Waals surface area (Å²) in [5, 5.41) is 19.4. The largest absolute Gasteiger partial charge is 0.497 e. The van der Waals surface area contributed by atoms with Crippen molar-refractivity contribution in [1.82, 2.24) is 28.2 Å². The third-order valence-electron chi connectivity index (χ3n) is 10.7. The Morgan fingerprint density at radius 1 is 0.548 bits per heavy atom. The summed E-state index contributed by atoms with van der Waals surface area (Å²) in [5.74, 6) is 2.84. The summed E-state index contributed by atoms with van der Waals surface area (Å²) in [6, 6.07) is 32.3. The molecule has 7 rings (SSSR count). The molecule has 2 heterocycles. The molecular weight excluding hydrogens is 833 g/mol. The van der Waals surface area contributed by atoms with Crippen LogP contribution in [0, 0.1) is 0 Å². The molecule has 1 fully saturated rings. The maximum Gasteiger partial charge on any atom is 0.263 e. The van der Waals surface area contributed by atoms with Gasteiger partial charge in [0.1, 0.15) is 28.6 Å². The molecule has 0 saturated heterocycles. The van der Waals surface area contributed by atoms with E-state index in [1.54, 1.807) is 48.7 Å². The second-order valence-electron chi connectivity index (χ2n) is 15.0. The molecule has 4 aromatic carbocycles. The Morgan fingerprint density at radius 2 is 0.887 bits per heavy atom. The number of ether oxygens (including phenoxy) is 4. The van der Waals surface area contributed by atoms with E-state index in [4.69, 9.17) is 18.9 Å². The minimum Gasteiger partial charge on any atom is -0.497 e. The van der Waals surface area contributed by atoms with Crippen molar-refractivity contribution in [2.45, 2.75) is 67.5 Å². The summed E-state index contributed by atoms with van der Waals surface area (Å²) in [5.41, 5.74) is 2.86. The lowest BCUT2D eigenvalue weighted by molar-refractivity contribution is 0.0360. The van der Waals surface area contributed by atoms with Crippen molar-refractivity contribution in [3.8, 4) is 23.0 Å². The van der Waals surface area contributed by atoms with Crippen molar-refractivity contribution in [3.05, 3.63) is 143 Å². The quantitative estimate of drug-likeness (QED) is 0.107. The van der Waals surface area contributed by atoms with Crippen molar-refractivity contribution < 1.29 is 40.9 Å². The van der Waals surface area contributed by atoms with Crippen LogP contribution in [0.5, 0.6) is 23.0 Å². The molecule has 2 aromatic heterocycles. The number of sulfonamides is 2. The fraction of sp³-hybridized carbons (Fsp3) is 0.333. The highest BCUT2D eigenvalue weighted by Crippen LogP contribution is 2.39. The van der Waals surface area contributed by atoms with Crippen LogP contribution in [0.25, 0.3) is 0 Å².